The fourth-order valence-corrected chi connectivity index (χ4v) is 1.24. The van der Waals surface area contributed by atoms with E-state index in [0.29, 0.717) is 4.52 Å². The number of anilines is 1. The van der Waals surface area contributed by atoms with E-state index in [4.69, 9.17) is 5.11 Å². The number of hydrogen-bond donors (Lipinski definition) is 2. The summed E-state index contributed by atoms with van der Waals surface area (Å²) in [5.41, 5.74) is 0.00636. The number of fused-ring (bicyclic) bond motifs is 1. The summed E-state index contributed by atoms with van der Waals surface area (Å²) in [5.74, 6) is -0.975. The molecule has 6 nitrogen and oxygen atoms in total. The predicted octanol–water partition coefficient (Wildman–Crippen LogP) is 0.547. The summed E-state index contributed by atoms with van der Waals surface area (Å²) in [6, 6.07) is 2.81. The van der Waals surface area contributed by atoms with Crippen molar-refractivity contribution >= 4 is 11.5 Å². The summed E-state index contributed by atoms with van der Waals surface area (Å²) < 4.78 is 38.1. The molecule has 2 aromatic heterocycles. The van der Waals surface area contributed by atoms with Crippen molar-refractivity contribution in [1.82, 2.24) is 19.8 Å². The SMILES string of the molecule is OCCNc1ccc2nnc(C(F)(F)F)n2n1. The van der Waals surface area contributed by atoms with Gasteiger partial charge in [-0.2, -0.15) is 17.7 Å². The van der Waals surface area contributed by atoms with Crippen molar-refractivity contribution in [2.75, 3.05) is 18.5 Å². The monoisotopic (exact) mass is 247 g/mol. The Hall–Kier alpha value is -1.90. The highest BCUT2D eigenvalue weighted by molar-refractivity contribution is 5.44. The number of hydrogen-bond acceptors (Lipinski definition) is 5. The third-order valence-corrected chi connectivity index (χ3v) is 1.93. The molecular formula is C8H8F3N5O. The van der Waals surface area contributed by atoms with Crippen LogP contribution in [-0.4, -0.2) is 38.1 Å². The van der Waals surface area contributed by atoms with Gasteiger partial charge >= 0.3 is 6.18 Å². The average Bonchev–Trinajstić information content (AvgIpc) is 2.68. The molecule has 92 valence electrons. The lowest BCUT2D eigenvalue weighted by Crippen LogP contribution is -2.14. The Balaban J connectivity index is 2.43. The van der Waals surface area contributed by atoms with E-state index in [9.17, 15) is 13.2 Å². The molecule has 0 amide bonds. The van der Waals surface area contributed by atoms with Crippen LogP contribution in [0.1, 0.15) is 5.82 Å². The lowest BCUT2D eigenvalue weighted by Gasteiger charge is -2.05. The van der Waals surface area contributed by atoms with Crippen LogP contribution in [0.5, 0.6) is 0 Å². The smallest absolute Gasteiger partial charge is 0.395 e. The third kappa shape index (κ3) is 2.28. The van der Waals surface area contributed by atoms with E-state index in [1.807, 2.05) is 0 Å². The molecular weight excluding hydrogens is 239 g/mol. The minimum absolute atomic E-state index is 0.00636. The molecule has 17 heavy (non-hydrogen) atoms. The zero-order valence-corrected chi connectivity index (χ0v) is 8.44. The number of aromatic nitrogens is 4. The van der Waals surface area contributed by atoms with E-state index >= 15 is 0 Å². The fourth-order valence-electron chi connectivity index (χ4n) is 1.24. The summed E-state index contributed by atoms with van der Waals surface area (Å²) in [7, 11) is 0. The normalized spacial score (nSPS) is 12.0. The van der Waals surface area contributed by atoms with Crippen molar-refractivity contribution < 1.29 is 18.3 Å². The molecule has 0 aliphatic heterocycles. The first-order chi connectivity index (χ1) is 8.02. The fraction of sp³-hybridized carbons (Fsp3) is 0.375. The quantitative estimate of drug-likeness (QED) is 0.828. The molecule has 0 radical (unpaired) electrons. The molecule has 2 rings (SSSR count). The molecule has 0 atom stereocenters. The van der Waals surface area contributed by atoms with Crippen molar-refractivity contribution in [3.63, 3.8) is 0 Å². The lowest BCUT2D eigenvalue weighted by atomic mass is 10.5. The molecule has 0 spiro atoms. The van der Waals surface area contributed by atoms with E-state index in [2.05, 4.69) is 20.6 Å². The Morgan fingerprint density at radius 1 is 1.29 bits per heavy atom. The van der Waals surface area contributed by atoms with Gasteiger partial charge in [0.25, 0.3) is 5.82 Å². The molecule has 0 unspecified atom stereocenters. The van der Waals surface area contributed by atoms with Gasteiger partial charge in [0, 0.05) is 6.54 Å². The summed E-state index contributed by atoms with van der Waals surface area (Å²) >= 11 is 0. The number of alkyl halides is 3. The van der Waals surface area contributed by atoms with E-state index in [1.54, 1.807) is 0 Å². The maximum absolute atomic E-state index is 12.5. The highest BCUT2D eigenvalue weighted by Gasteiger charge is 2.37. The van der Waals surface area contributed by atoms with Crippen LogP contribution in [0.4, 0.5) is 19.0 Å². The Labute approximate surface area is 93.1 Å². The van der Waals surface area contributed by atoms with Gasteiger partial charge in [-0.05, 0) is 12.1 Å². The van der Waals surface area contributed by atoms with Gasteiger partial charge in [-0.3, -0.25) is 0 Å². The number of rotatable bonds is 3. The minimum Gasteiger partial charge on any atom is -0.395 e. The zero-order chi connectivity index (χ0) is 12.5. The van der Waals surface area contributed by atoms with Crippen LogP contribution in [0, 0.1) is 0 Å². The van der Waals surface area contributed by atoms with Gasteiger partial charge < -0.3 is 10.4 Å². The molecule has 0 saturated heterocycles. The summed E-state index contributed by atoms with van der Waals surface area (Å²) in [6.45, 7) is 0.0516. The molecule has 9 heteroatoms. The van der Waals surface area contributed by atoms with Gasteiger partial charge in [0.15, 0.2) is 5.65 Å². The highest BCUT2D eigenvalue weighted by atomic mass is 19.4. The third-order valence-electron chi connectivity index (χ3n) is 1.93. The van der Waals surface area contributed by atoms with Crippen LogP contribution in [0.25, 0.3) is 5.65 Å². The highest BCUT2D eigenvalue weighted by Crippen LogP contribution is 2.27. The Morgan fingerprint density at radius 3 is 2.71 bits per heavy atom. The summed E-state index contributed by atoms with van der Waals surface area (Å²) in [6.07, 6.45) is -4.61. The number of aliphatic hydroxyl groups excluding tert-OH is 1. The van der Waals surface area contributed by atoms with Crippen LogP contribution in [0.15, 0.2) is 12.1 Å². The first-order valence-corrected chi connectivity index (χ1v) is 4.67. The summed E-state index contributed by atoms with van der Waals surface area (Å²) in [4.78, 5) is 0. The average molecular weight is 247 g/mol. The van der Waals surface area contributed by atoms with Crippen molar-refractivity contribution in [2.45, 2.75) is 6.18 Å². The zero-order valence-electron chi connectivity index (χ0n) is 8.44. The molecule has 2 N–H and O–H groups in total. The maximum Gasteiger partial charge on any atom is 0.453 e. The van der Waals surface area contributed by atoms with Gasteiger partial charge in [-0.25, -0.2) is 0 Å². The van der Waals surface area contributed by atoms with Crippen LogP contribution in [0.3, 0.4) is 0 Å². The van der Waals surface area contributed by atoms with E-state index in [0.717, 1.165) is 0 Å². The predicted molar refractivity (Wildman–Crippen MR) is 51.4 cm³/mol. The first-order valence-electron chi connectivity index (χ1n) is 4.67. The van der Waals surface area contributed by atoms with Crippen LogP contribution < -0.4 is 5.32 Å². The Kier molecular flexibility index (Phi) is 2.84. The van der Waals surface area contributed by atoms with Crippen LogP contribution in [0.2, 0.25) is 0 Å². The van der Waals surface area contributed by atoms with Gasteiger partial charge in [0.1, 0.15) is 5.82 Å². The Bertz CT molecular complexity index is 523. The van der Waals surface area contributed by atoms with Crippen molar-refractivity contribution in [3.05, 3.63) is 18.0 Å². The van der Waals surface area contributed by atoms with Crippen molar-refractivity contribution in [3.8, 4) is 0 Å². The first kappa shape index (κ1) is 11.6. The van der Waals surface area contributed by atoms with Crippen LogP contribution in [-0.2, 0) is 6.18 Å². The number of aliphatic hydroxyl groups is 1. The van der Waals surface area contributed by atoms with Gasteiger partial charge in [-0.1, -0.05) is 0 Å². The molecule has 0 saturated carbocycles. The van der Waals surface area contributed by atoms with E-state index < -0.39 is 12.0 Å². The van der Waals surface area contributed by atoms with E-state index in [1.165, 1.54) is 12.1 Å². The number of nitrogens with one attached hydrogen (secondary N) is 1. The van der Waals surface area contributed by atoms with Gasteiger partial charge in [0.2, 0.25) is 0 Å². The molecule has 2 heterocycles. The molecule has 0 aliphatic rings. The molecule has 0 bridgehead atoms. The molecule has 0 fully saturated rings. The summed E-state index contributed by atoms with van der Waals surface area (Å²) in [5, 5.41) is 21.3. The second-order valence-electron chi connectivity index (χ2n) is 3.16. The van der Waals surface area contributed by atoms with Crippen molar-refractivity contribution in [1.29, 1.82) is 0 Å². The minimum atomic E-state index is -4.61. The maximum atomic E-state index is 12.5. The number of halogens is 3. The van der Waals surface area contributed by atoms with Crippen molar-refractivity contribution in [2.24, 2.45) is 0 Å². The second kappa shape index (κ2) is 4.17. The number of nitrogens with zero attached hydrogens (tertiary/aromatic N) is 4. The van der Waals surface area contributed by atoms with E-state index in [-0.39, 0.29) is 24.6 Å². The topological polar surface area (TPSA) is 75.3 Å². The van der Waals surface area contributed by atoms with Gasteiger partial charge in [-0.15, -0.1) is 15.3 Å². The van der Waals surface area contributed by atoms with Gasteiger partial charge in [0.05, 0.1) is 6.61 Å². The molecule has 0 aliphatic carbocycles. The Morgan fingerprint density at radius 2 is 2.06 bits per heavy atom. The van der Waals surface area contributed by atoms with Crippen LogP contribution >= 0.6 is 0 Å². The molecule has 2 aromatic rings. The lowest BCUT2D eigenvalue weighted by molar-refractivity contribution is -0.146. The standard InChI is InChI=1S/C8H8F3N5O/c9-8(10,11)7-14-13-6-2-1-5(12-3-4-17)15-16(6)7/h1-2,17H,3-4H2,(H,12,15). The largest absolute Gasteiger partial charge is 0.453 e. The second-order valence-corrected chi connectivity index (χ2v) is 3.16. The molecule has 0 aromatic carbocycles.